The van der Waals surface area contributed by atoms with Gasteiger partial charge in [-0.05, 0) is 26.3 Å². The molecule has 0 aromatic rings. The highest BCUT2D eigenvalue weighted by Crippen LogP contribution is 2.25. The van der Waals surface area contributed by atoms with Gasteiger partial charge in [-0.1, -0.05) is 38.2 Å². The van der Waals surface area contributed by atoms with E-state index < -0.39 is 0 Å². The average molecular weight is 179 g/mol. The molecule has 0 N–H and O–H groups in total. The molecule has 1 aliphatic rings. The van der Waals surface area contributed by atoms with Gasteiger partial charge < -0.3 is 0 Å². The van der Waals surface area contributed by atoms with E-state index in [0.717, 1.165) is 6.54 Å². The minimum absolute atomic E-state index is 0.169. The Morgan fingerprint density at radius 2 is 1.54 bits per heavy atom. The SMILES string of the molecule is CN1CC(C)(C)/C=C\C=C/C1(C)C. The zero-order chi connectivity index (χ0) is 10.1. The Labute approximate surface area is 82.1 Å². The summed E-state index contributed by atoms with van der Waals surface area (Å²) in [6.45, 7) is 10.1. The van der Waals surface area contributed by atoms with Crippen molar-refractivity contribution >= 4 is 0 Å². The van der Waals surface area contributed by atoms with Crippen LogP contribution in [0.25, 0.3) is 0 Å². The van der Waals surface area contributed by atoms with Gasteiger partial charge in [-0.25, -0.2) is 0 Å². The molecule has 1 aliphatic heterocycles. The standard InChI is InChI=1S/C12H21N/c1-11(2)8-6-7-9-12(3,4)13(5)10-11/h6-9H,10H2,1-5H3/b8-6-,9-7-. The van der Waals surface area contributed by atoms with Gasteiger partial charge in [0.15, 0.2) is 0 Å². The summed E-state index contributed by atoms with van der Waals surface area (Å²) in [6, 6.07) is 0. The van der Waals surface area contributed by atoms with Crippen molar-refractivity contribution in [2.24, 2.45) is 5.41 Å². The summed E-state index contributed by atoms with van der Waals surface area (Å²) in [4.78, 5) is 2.40. The van der Waals surface area contributed by atoms with Crippen LogP contribution >= 0.6 is 0 Å². The van der Waals surface area contributed by atoms with Crippen LogP contribution < -0.4 is 0 Å². The van der Waals surface area contributed by atoms with E-state index in [0.29, 0.717) is 0 Å². The summed E-state index contributed by atoms with van der Waals surface area (Å²) >= 11 is 0. The number of allylic oxidation sites excluding steroid dienone is 2. The predicted octanol–water partition coefficient (Wildman–Crippen LogP) is 2.85. The molecule has 0 bridgehead atoms. The van der Waals surface area contributed by atoms with Crippen molar-refractivity contribution in [1.29, 1.82) is 0 Å². The van der Waals surface area contributed by atoms with E-state index in [2.05, 4.69) is 63.9 Å². The number of hydrogen-bond donors (Lipinski definition) is 0. The maximum absolute atomic E-state index is 2.40. The Bertz CT molecular complexity index is 234. The Balaban J connectivity index is 2.92. The fourth-order valence-corrected chi connectivity index (χ4v) is 1.60. The van der Waals surface area contributed by atoms with Crippen LogP contribution in [0, 0.1) is 5.41 Å². The normalized spacial score (nSPS) is 31.8. The summed E-state index contributed by atoms with van der Waals surface area (Å²) in [5.74, 6) is 0. The maximum atomic E-state index is 2.40. The van der Waals surface area contributed by atoms with Gasteiger partial charge >= 0.3 is 0 Å². The van der Waals surface area contributed by atoms with Crippen LogP contribution in [0.3, 0.4) is 0 Å². The molecule has 74 valence electrons. The van der Waals surface area contributed by atoms with Crippen LogP contribution in [-0.4, -0.2) is 24.0 Å². The molecule has 0 amide bonds. The molecule has 0 saturated heterocycles. The highest BCUT2D eigenvalue weighted by Gasteiger charge is 2.26. The molecule has 1 heterocycles. The molecule has 1 nitrogen and oxygen atoms in total. The first-order valence-corrected chi connectivity index (χ1v) is 4.92. The molecular formula is C12H21N. The molecule has 0 fully saturated rings. The highest BCUT2D eigenvalue weighted by molar-refractivity contribution is 5.15. The number of nitrogens with zero attached hydrogens (tertiary/aromatic N) is 1. The van der Waals surface area contributed by atoms with Crippen molar-refractivity contribution in [2.45, 2.75) is 33.2 Å². The third kappa shape index (κ3) is 2.70. The van der Waals surface area contributed by atoms with Gasteiger partial charge in [-0.2, -0.15) is 0 Å². The van der Waals surface area contributed by atoms with Crippen LogP contribution in [0.4, 0.5) is 0 Å². The van der Waals surface area contributed by atoms with Gasteiger partial charge in [-0.3, -0.25) is 4.90 Å². The van der Waals surface area contributed by atoms with Crippen molar-refractivity contribution in [3.05, 3.63) is 24.3 Å². The average Bonchev–Trinajstić information content (AvgIpc) is 1.96. The van der Waals surface area contributed by atoms with Gasteiger partial charge in [0.2, 0.25) is 0 Å². The maximum Gasteiger partial charge on any atom is 0.0335 e. The van der Waals surface area contributed by atoms with E-state index >= 15 is 0 Å². The molecule has 13 heavy (non-hydrogen) atoms. The number of likely N-dealkylation sites (N-methyl/N-ethyl adjacent to an activating group) is 1. The van der Waals surface area contributed by atoms with Crippen LogP contribution in [-0.2, 0) is 0 Å². The molecule has 0 radical (unpaired) electrons. The molecule has 1 rings (SSSR count). The Morgan fingerprint density at radius 1 is 1.00 bits per heavy atom. The molecule has 0 unspecified atom stereocenters. The Kier molecular flexibility index (Phi) is 2.67. The van der Waals surface area contributed by atoms with Crippen LogP contribution in [0.15, 0.2) is 24.3 Å². The van der Waals surface area contributed by atoms with E-state index in [4.69, 9.17) is 0 Å². The van der Waals surface area contributed by atoms with Crippen molar-refractivity contribution in [3.63, 3.8) is 0 Å². The number of hydrogen-bond acceptors (Lipinski definition) is 1. The van der Waals surface area contributed by atoms with Crippen molar-refractivity contribution in [1.82, 2.24) is 4.90 Å². The molecule has 0 aromatic heterocycles. The minimum Gasteiger partial charge on any atom is -0.297 e. The first-order chi connectivity index (χ1) is 5.83. The number of rotatable bonds is 0. The molecule has 0 saturated carbocycles. The second-order valence-corrected chi connectivity index (χ2v) is 5.22. The Morgan fingerprint density at radius 3 is 2.15 bits per heavy atom. The second-order valence-electron chi connectivity index (χ2n) is 5.22. The fourth-order valence-electron chi connectivity index (χ4n) is 1.60. The Hall–Kier alpha value is -0.560. The van der Waals surface area contributed by atoms with Gasteiger partial charge in [0.05, 0.1) is 0 Å². The van der Waals surface area contributed by atoms with Gasteiger partial charge in [0.25, 0.3) is 0 Å². The van der Waals surface area contributed by atoms with E-state index in [1.165, 1.54) is 0 Å². The van der Waals surface area contributed by atoms with Crippen molar-refractivity contribution < 1.29 is 0 Å². The summed E-state index contributed by atoms with van der Waals surface area (Å²) in [5, 5.41) is 0. The summed E-state index contributed by atoms with van der Waals surface area (Å²) in [7, 11) is 2.19. The molecular weight excluding hydrogens is 158 g/mol. The molecule has 0 atom stereocenters. The highest BCUT2D eigenvalue weighted by atomic mass is 15.2. The van der Waals surface area contributed by atoms with Crippen LogP contribution in [0.5, 0.6) is 0 Å². The summed E-state index contributed by atoms with van der Waals surface area (Å²) in [6.07, 6.45) is 8.83. The first kappa shape index (κ1) is 10.5. The smallest absolute Gasteiger partial charge is 0.0335 e. The third-order valence-electron chi connectivity index (χ3n) is 2.79. The molecule has 0 aliphatic carbocycles. The second kappa shape index (κ2) is 3.30. The lowest BCUT2D eigenvalue weighted by molar-refractivity contribution is 0.156. The van der Waals surface area contributed by atoms with E-state index in [1.54, 1.807) is 0 Å². The van der Waals surface area contributed by atoms with Gasteiger partial charge in [-0.15, -0.1) is 0 Å². The molecule has 1 heteroatoms. The third-order valence-corrected chi connectivity index (χ3v) is 2.79. The summed E-state index contributed by atoms with van der Waals surface area (Å²) < 4.78 is 0. The van der Waals surface area contributed by atoms with Crippen molar-refractivity contribution in [3.8, 4) is 0 Å². The van der Waals surface area contributed by atoms with Crippen molar-refractivity contribution in [2.75, 3.05) is 13.6 Å². The van der Waals surface area contributed by atoms with E-state index in [-0.39, 0.29) is 11.0 Å². The quantitative estimate of drug-likeness (QED) is 0.552. The lowest BCUT2D eigenvalue weighted by atomic mass is 9.88. The van der Waals surface area contributed by atoms with E-state index in [9.17, 15) is 0 Å². The fraction of sp³-hybridized carbons (Fsp3) is 0.667. The zero-order valence-corrected chi connectivity index (χ0v) is 9.46. The van der Waals surface area contributed by atoms with Gasteiger partial charge in [0, 0.05) is 12.1 Å². The lowest BCUT2D eigenvalue weighted by Gasteiger charge is -2.38. The minimum atomic E-state index is 0.169. The zero-order valence-electron chi connectivity index (χ0n) is 9.46. The predicted molar refractivity (Wildman–Crippen MR) is 58.8 cm³/mol. The molecule has 0 spiro atoms. The first-order valence-electron chi connectivity index (χ1n) is 4.92. The van der Waals surface area contributed by atoms with E-state index in [1.807, 2.05) is 0 Å². The molecule has 0 aromatic carbocycles. The van der Waals surface area contributed by atoms with Crippen LogP contribution in [0.2, 0.25) is 0 Å². The van der Waals surface area contributed by atoms with Gasteiger partial charge in [0.1, 0.15) is 0 Å². The lowest BCUT2D eigenvalue weighted by Crippen LogP contribution is -2.44. The van der Waals surface area contributed by atoms with Crippen LogP contribution in [0.1, 0.15) is 27.7 Å². The topological polar surface area (TPSA) is 3.24 Å². The largest absolute Gasteiger partial charge is 0.297 e. The summed E-state index contributed by atoms with van der Waals surface area (Å²) in [5.41, 5.74) is 0.443. The monoisotopic (exact) mass is 179 g/mol.